The molecule has 1 heterocycles. The Kier molecular flexibility index (Phi) is 6.60. The van der Waals surface area contributed by atoms with Gasteiger partial charge in [-0.05, 0) is 55.0 Å². The third-order valence-electron chi connectivity index (χ3n) is 5.13. The van der Waals surface area contributed by atoms with Crippen LogP contribution in [0.25, 0.3) is 33.3 Å². The maximum absolute atomic E-state index is 15.0. The van der Waals surface area contributed by atoms with Gasteiger partial charge in [0.1, 0.15) is 24.0 Å². The number of carboxylic acids is 1. The van der Waals surface area contributed by atoms with Gasteiger partial charge in [0, 0.05) is 23.1 Å². The Morgan fingerprint density at radius 3 is 2.39 bits per heavy atom. The summed E-state index contributed by atoms with van der Waals surface area (Å²) in [6.45, 7) is 3.47. The zero-order valence-corrected chi connectivity index (χ0v) is 17.8. The SMILES string of the molecule is CCOCCOc1ccc(-c2ccc(-c3cc(C(=O)O)c4cc(F)ccc4n3)cc2F)cc1. The number of hydrogen-bond donors (Lipinski definition) is 1. The van der Waals surface area contributed by atoms with Gasteiger partial charge in [-0.25, -0.2) is 18.6 Å². The topological polar surface area (TPSA) is 68.7 Å². The molecular formula is C26H21F2NO4. The summed E-state index contributed by atoms with van der Waals surface area (Å²) in [4.78, 5) is 16.1. The second-order valence-electron chi connectivity index (χ2n) is 7.29. The largest absolute Gasteiger partial charge is 0.491 e. The van der Waals surface area contributed by atoms with Crippen molar-refractivity contribution in [2.24, 2.45) is 0 Å². The monoisotopic (exact) mass is 449 g/mol. The van der Waals surface area contributed by atoms with E-state index >= 15 is 0 Å². The molecule has 0 saturated carbocycles. The average Bonchev–Trinajstić information content (AvgIpc) is 2.81. The Morgan fingerprint density at radius 1 is 0.939 bits per heavy atom. The van der Waals surface area contributed by atoms with Crippen LogP contribution in [0.2, 0.25) is 0 Å². The van der Waals surface area contributed by atoms with Crippen molar-refractivity contribution < 1.29 is 28.2 Å². The summed E-state index contributed by atoms with van der Waals surface area (Å²) < 4.78 is 39.4. The summed E-state index contributed by atoms with van der Waals surface area (Å²) in [5.74, 6) is -1.58. The number of ether oxygens (including phenoxy) is 2. The summed E-state index contributed by atoms with van der Waals surface area (Å²) in [6.07, 6.45) is 0. The van der Waals surface area contributed by atoms with Crippen LogP contribution in [-0.2, 0) is 4.74 Å². The van der Waals surface area contributed by atoms with E-state index in [2.05, 4.69) is 4.98 Å². The van der Waals surface area contributed by atoms with Gasteiger partial charge in [0.25, 0.3) is 0 Å². The predicted molar refractivity (Wildman–Crippen MR) is 121 cm³/mol. The average molecular weight is 449 g/mol. The second kappa shape index (κ2) is 9.75. The number of benzene rings is 3. The molecule has 4 rings (SSSR count). The minimum Gasteiger partial charge on any atom is -0.491 e. The number of nitrogens with zero attached hydrogens (tertiary/aromatic N) is 1. The molecule has 0 aliphatic rings. The Labute approximate surface area is 189 Å². The summed E-state index contributed by atoms with van der Waals surface area (Å²) in [7, 11) is 0. The summed E-state index contributed by atoms with van der Waals surface area (Å²) in [5.41, 5.74) is 1.98. The second-order valence-corrected chi connectivity index (χ2v) is 7.29. The molecule has 0 radical (unpaired) electrons. The van der Waals surface area contributed by atoms with E-state index in [4.69, 9.17) is 9.47 Å². The van der Waals surface area contributed by atoms with Crippen molar-refractivity contribution in [3.05, 3.63) is 83.9 Å². The maximum Gasteiger partial charge on any atom is 0.336 e. The Bertz CT molecular complexity index is 1310. The van der Waals surface area contributed by atoms with Gasteiger partial charge in [-0.1, -0.05) is 24.3 Å². The molecule has 7 heteroatoms. The van der Waals surface area contributed by atoms with Crippen LogP contribution in [-0.4, -0.2) is 35.9 Å². The molecular weight excluding hydrogens is 428 g/mol. The van der Waals surface area contributed by atoms with Gasteiger partial charge in [0.15, 0.2) is 0 Å². The number of pyridine rings is 1. The molecule has 0 amide bonds. The van der Waals surface area contributed by atoms with Gasteiger partial charge in [-0.15, -0.1) is 0 Å². The number of aromatic nitrogens is 1. The van der Waals surface area contributed by atoms with Crippen LogP contribution in [0.1, 0.15) is 17.3 Å². The van der Waals surface area contributed by atoms with Gasteiger partial charge >= 0.3 is 5.97 Å². The van der Waals surface area contributed by atoms with Gasteiger partial charge in [-0.3, -0.25) is 0 Å². The van der Waals surface area contributed by atoms with Crippen LogP contribution in [0.5, 0.6) is 5.75 Å². The van der Waals surface area contributed by atoms with Crippen molar-refractivity contribution >= 4 is 16.9 Å². The van der Waals surface area contributed by atoms with E-state index in [0.29, 0.717) is 47.8 Å². The number of carboxylic acid groups (broad SMARTS) is 1. The molecule has 3 aromatic carbocycles. The number of carbonyl (C=O) groups is 1. The van der Waals surface area contributed by atoms with Crippen LogP contribution < -0.4 is 4.74 Å². The lowest BCUT2D eigenvalue weighted by Gasteiger charge is -2.10. The highest BCUT2D eigenvalue weighted by atomic mass is 19.1. The number of aromatic carboxylic acids is 1. The van der Waals surface area contributed by atoms with Gasteiger partial charge in [-0.2, -0.15) is 0 Å². The van der Waals surface area contributed by atoms with Crippen molar-refractivity contribution in [1.29, 1.82) is 0 Å². The molecule has 0 saturated heterocycles. The molecule has 33 heavy (non-hydrogen) atoms. The molecule has 0 aliphatic carbocycles. The lowest BCUT2D eigenvalue weighted by atomic mass is 10.00. The van der Waals surface area contributed by atoms with Crippen LogP contribution in [0, 0.1) is 11.6 Å². The van der Waals surface area contributed by atoms with Gasteiger partial charge in [0.05, 0.1) is 23.4 Å². The van der Waals surface area contributed by atoms with Crippen molar-refractivity contribution in [2.75, 3.05) is 19.8 Å². The number of hydrogen-bond acceptors (Lipinski definition) is 4. The molecule has 1 N–H and O–H groups in total. The van der Waals surface area contributed by atoms with Crippen molar-refractivity contribution in [1.82, 2.24) is 4.98 Å². The molecule has 0 atom stereocenters. The first-order valence-electron chi connectivity index (χ1n) is 10.4. The van der Waals surface area contributed by atoms with E-state index in [9.17, 15) is 18.7 Å². The molecule has 0 bridgehead atoms. The molecule has 1 aromatic heterocycles. The fraction of sp³-hybridized carbons (Fsp3) is 0.154. The Hall–Kier alpha value is -3.84. The normalized spacial score (nSPS) is 11.0. The number of fused-ring (bicyclic) bond motifs is 1. The first kappa shape index (κ1) is 22.4. The highest BCUT2D eigenvalue weighted by Gasteiger charge is 2.15. The van der Waals surface area contributed by atoms with Gasteiger partial charge in [0.2, 0.25) is 0 Å². The molecule has 0 spiro atoms. The minimum atomic E-state index is -1.21. The third-order valence-corrected chi connectivity index (χ3v) is 5.13. The minimum absolute atomic E-state index is 0.0982. The summed E-state index contributed by atoms with van der Waals surface area (Å²) >= 11 is 0. The first-order valence-corrected chi connectivity index (χ1v) is 10.4. The fourth-order valence-corrected chi connectivity index (χ4v) is 3.52. The van der Waals surface area contributed by atoms with E-state index in [0.717, 1.165) is 6.07 Å². The zero-order valence-electron chi connectivity index (χ0n) is 17.8. The van der Waals surface area contributed by atoms with Crippen molar-refractivity contribution in [2.45, 2.75) is 6.92 Å². The lowest BCUT2D eigenvalue weighted by Crippen LogP contribution is -2.06. The molecule has 5 nitrogen and oxygen atoms in total. The summed E-state index contributed by atoms with van der Waals surface area (Å²) in [6, 6.07) is 16.7. The molecule has 0 unspecified atom stereocenters. The van der Waals surface area contributed by atoms with Crippen molar-refractivity contribution in [3.63, 3.8) is 0 Å². The molecule has 0 fully saturated rings. The highest BCUT2D eigenvalue weighted by molar-refractivity contribution is 6.03. The predicted octanol–water partition coefficient (Wildman–Crippen LogP) is 5.96. The zero-order chi connectivity index (χ0) is 23.4. The fourth-order valence-electron chi connectivity index (χ4n) is 3.52. The van der Waals surface area contributed by atoms with E-state index in [-0.39, 0.29) is 16.6 Å². The lowest BCUT2D eigenvalue weighted by molar-refractivity contribution is 0.0699. The summed E-state index contributed by atoms with van der Waals surface area (Å²) in [5, 5.41) is 9.74. The molecule has 4 aromatic rings. The first-order chi connectivity index (χ1) is 16.0. The third kappa shape index (κ3) is 4.99. The van der Waals surface area contributed by atoms with E-state index in [1.807, 2.05) is 6.92 Å². The Morgan fingerprint density at radius 2 is 1.70 bits per heavy atom. The van der Waals surface area contributed by atoms with E-state index in [1.165, 1.54) is 24.3 Å². The van der Waals surface area contributed by atoms with E-state index < -0.39 is 17.6 Å². The Balaban J connectivity index is 1.62. The van der Waals surface area contributed by atoms with Crippen LogP contribution >= 0.6 is 0 Å². The van der Waals surface area contributed by atoms with Crippen LogP contribution in [0.3, 0.4) is 0 Å². The standard InChI is InChI=1S/C26H21F2NO4/c1-2-32-11-12-33-19-7-3-16(4-8-19)20-9-5-17(13-23(20)28)25-15-22(26(30)31)21-14-18(27)6-10-24(21)29-25/h3-10,13-15H,2,11-12H2,1H3,(H,30,31). The molecule has 168 valence electrons. The van der Waals surface area contributed by atoms with Gasteiger partial charge < -0.3 is 14.6 Å². The number of halogens is 2. The number of rotatable bonds is 8. The maximum atomic E-state index is 15.0. The highest BCUT2D eigenvalue weighted by Crippen LogP contribution is 2.30. The van der Waals surface area contributed by atoms with Crippen molar-refractivity contribution in [3.8, 4) is 28.1 Å². The van der Waals surface area contributed by atoms with E-state index in [1.54, 1.807) is 36.4 Å². The smallest absolute Gasteiger partial charge is 0.336 e. The van der Waals surface area contributed by atoms with Crippen LogP contribution in [0.15, 0.2) is 66.7 Å². The quantitative estimate of drug-likeness (QED) is 0.336. The van der Waals surface area contributed by atoms with Crippen LogP contribution in [0.4, 0.5) is 8.78 Å². The molecule has 0 aliphatic heterocycles.